The monoisotopic (exact) mass is 498 g/mol. The maximum atomic E-state index is 13.4. The van der Waals surface area contributed by atoms with Gasteiger partial charge in [0.25, 0.3) is 11.5 Å². The van der Waals surface area contributed by atoms with Crippen molar-refractivity contribution in [3.8, 4) is 6.07 Å². The van der Waals surface area contributed by atoms with Crippen LogP contribution >= 0.6 is 24.0 Å². The van der Waals surface area contributed by atoms with Crippen molar-refractivity contribution in [1.29, 1.82) is 5.26 Å². The van der Waals surface area contributed by atoms with Gasteiger partial charge in [-0.15, -0.1) is 0 Å². The Kier molecular flexibility index (Phi) is 8.15. The number of thiocarbonyl (C=S) groups is 1. The van der Waals surface area contributed by atoms with E-state index in [0.717, 1.165) is 75.8 Å². The van der Waals surface area contributed by atoms with Crippen molar-refractivity contribution < 1.29 is 4.79 Å². The zero-order chi connectivity index (χ0) is 24.2. The van der Waals surface area contributed by atoms with E-state index in [0.29, 0.717) is 21.3 Å². The van der Waals surface area contributed by atoms with Gasteiger partial charge in [-0.2, -0.15) is 5.26 Å². The van der Waals surface area contributed by atoms with E-state index in [2.05, 4.69) is 17.9 Å². The number of rotatable bonds is 6. The van der Waals surface area contributed by atoms with Gasteiger partial charge in [-0.1, -0.05) is 63.0 Å². The second kappa shape index (κ2) is 11.1. The zero-order valence-corrected chi connectivity index (χ0v) is 21.9. The molecule has 1 aromatic heterocycles. The standard InChI is InChI=1S/C26H34N4O2S2/c1-3-4-15-29-23(28-13-9-5-6-10-14-28)20(18(2)21(17-27)24(29)31)16-22-25(32)30(26(33)34-22)19-11-7-8-12-19/h16,19H,3-15H2,1-2H3/b22-16+. The molecule has 2 aliphatic heterocycles. The Morgan fingerprint density at radius 3 is 2.41 bits per heavy atom. The number of unbranched alkanes of at least 4 members (excludes halogenated alkanes) is 1. The molecule has 0 aromatic carbocycles. The highest BCUT2D eigenvalue weighted by Crippen LogP contribution is 2.39. The third kappa shape index (κ3) is 4.83. The Morgan fingerprint density at radius 1 is 1.12 bits per heavy atom. The molecule has 3 fully saturated rings. The molecule has 4 rings (SSSR count). The molecule has 182 valence electrons. The van der Waals surface area contributed by atoms with Gasteiger partial charge in [-0.25, -0.2) is 0 Å². The Morgan fingerprint density at radius 2 is 1.79 bits per heavy atom. The van der Waals surface area contributed by atoms with Gasteiger partial charge in [0.2, 0.25) is 0 Å². The molecule has 1 aliphatic carbocycles. The predicted molar refractivity (Wildman–Crippen MR) is 143 cm³/mol. The fourth-order valence-corrected chi connectivity index (χ4v) is 6.76. The molecule has 0 radical (unpaired) electrons. The van der Waals surface area contributed by atoms with Crippen LogP contribution in [0.25, 0.3) is 6.08 Å². The van der Waals surface area contributed by atoms with Crippen molar-refractivity contribution in [2.45, 2.75) is 90.6 Å². The first-order valence-electron chi connectivity index (χ1n) is 12.7. The van der Waals surface area contributed by atoms with Crippen molar-refractivity contribution in [3.63, 3.8) is 0 Å². The third-order valence-electron chi connectivity index (χ3n) is 7.28. The highest BCUT2D eigenvalue weighted by atomic mass is 32.2. The van der Waals surface area contributed by atoms with E-state index < -0.39 is 0 Å². The van der Waals surface area contributed by atoms with Gasteiger partial charge in [0.05, 0.1) is 4.91 Å². The van der Waals surface area contributed by atoms with Crippen molar-refractivity contribution in [1.82, 2.24) is 9.47 Å². The molecule has 8 heteroatoms. The van der Waals surface area contributed by atoms with Gasteiger partial charge in [-0.3, -0.25) is 19.1 Å². The largest absolute Gasteiger partial charge is 0.357 e. The van der Waals surface area contributed by atoms with Crippen LogP contribution in [0.3, 0.4) is 0 Å². The van der Waals surface area contributed by atoms with Crippen molar-refractivity contribution in [3.05, 3.63) is 31.9 Å². The lowest BCUT2D eigenvalue weighted by Crippen LogP contribution is -2.37. The van der Waals surface area contributed by atoms with Crippen LogP contribution in [-0.4, -0.2) is 38.8 Å². The minimum Gasteiger partial charge on any atom is -0.357 e. The molecule has 2 saturated heterocycles. The third-order valence-corrected chi connectivity index (χ3v) is 8.61. The van der Waals surface area contributed by atoms with Crippen LogP contribution in [-0.2, 0) is 11.3 Å². The molecule has 6 nitrogen and oxygen atoms in total. The summed E-state index contributed by atoms with van der Waals surface area (Å²) in [6.07, 6.45) is 12.5. The van der Waals surface area contributed by atoms with Crippen LogP contribution in [0, 0.1) is 18.3 Å². The number of anilines is 1. The lowest BCUT2D eigenvalue weighted by molar-refractivity contribution is -0.123. The average Bonchev–Trinajstić information content (AvgIpc) is 3.33. The van der Waals surface area contributed by atoms with Crippen LogP contribution < -0.4 is 10.5 Å². The molecule has 0 spiro atoms. The Labute approximate surface area is 212 Å². The zero-order valence-electron chi connectivity index (χ0n) is 20.3. The summed E-state index contributed by atoms with van der Waals surface area (Å²) >= 11 is 6.97. The number of nitrogens with zero attached hydrogens (tertiary/aromatic N) is 4. The quantitative estimate of drug-likeness (QED) is 0.389. The molecule has 34 heavy (non-hydrogen) atoms. The van der Waals surface area contributed by atoms with Gasteiger partial charge in [0.1, 0.15) is 21.8 Å². The van der Waals surface area contributed by atoms with Gasteiger partial charge < -0.3 is 4.90 Å². The fourth-order valence-electron chi connectivity index (χ4n) is 5.38. The van der Waals surface area contributed by atoms with Gasteiger partial charge in [0.15, 0.2) is 0 Å². The normalized spacial score (nSPS) is 20.9. The van der Waals surface area contributed by atoms with Crippen molar-refractivity contribution >= 4 is 46.1 Å². The molecule has 1 saturated carbocycles. The summed E-state index contributed by atoms with van der Waals surface area (Å²) in [6.45, 7) is 6.27. The second-order valence-electron chi connectivity index (χ2n) is 9.55. The van der Waals surface area contributed by atoms with E-state index in [1.54, 1.807) is 9.47 Å². The molecule has 0 unspecified atom stereocenters. The number of hydrogen-bond acceptors (Lipinski definition) is 6. The molecule has 1 amide bonds. The number of aromatic nitrogens is 1. The number of carbonyl (C=O) groups is 1. The molecule has 3 heterocycles. The second-order valence-corrected chi connectivity index (χ2v) is 11.2. The molecule has 1 aromatic rings. The number of amides is 1. The average molecular weight is 499 g/mol. The lowest BCUT2D eigenvalue weighted by Gasteiger charge is -2.29. The number of carbonyl (C=O) groups excluding carboxylic acids is 1. The van der Waals surface area contributed by atoms with E-state index in [1.165, 1.54) is 24.6 Å². The Balaban J connectivity index is 1.86. The summed E-state index contributed by atoms with van der Waals surface area (Å²) in [5.74, 6) is 0.830. The molecule has 3 aliphatic rings. The SMILES string of the molecule is CCCCn1c(N2CCCCCC2)c(/C=C2/SC(=S)N(C3CCCC3)C2=O)c(C)c(C#N)c1=O. The van der Waals surface area contributed by atoms with E-state index in [4.69, 9.17) is 12.2 Å². The molecule has 0 bridgehead atoms. The Bertz CT molecular complexity index is 1090. The van der Waals surface area contributed by atoms with E-state index in [-0.39, 0.29) is 23.1 Å². The van der Waals surface area contributed by atoms with E-state index in [1.807, 2.05) is 13.0 Å². The van der Waals surface area contributed by atoms with E-state index in [9.17, 15) is 14.9 Å². The molecular weight excluding hydrogens is 464 g/mol. The summed E-state index contributed by atoms with van der Waals surface area (Å²) in [6, 6.07) is 2.35. The van der Waals surface area contributed by atoms with Crippen LogP contribution in [0.15, 0.2) is 9.70 Å². The first-order valence-corrected chi connectivity index (χ1v) is 13.9. The Hall–Kier alpha value is -2.11. The van der Waals surface area contributed by atoms with Gasteiger partial charge in [-0.05, 0) is 50.7 Å². The predicted octanol–water partition coefficient (Wildman–Crippen LogP) is 5.35. The fraction of sp³-hybridized carbons (Fsp3) is 0.615. The molecular formula is C26H34N4O2S2. The topological polar surface area (TPSA) is 69.3 Å². The number of nitriles is 1. The summed E-state index contributed by atoms with van der Waals surface area (Å²) in [4.78, 5) is 31.6. The molecule has 0 atom stereocenters. The minimum absolute atomic E-state index is 0.0343. The summed E-state index contributed by atoms with van der Waals surface area (Å²) in [5, 5.41) is 9.86. The molecule has 0 N–H and O–H groups in total. The highest BCUT2D eigenvalue weighted by molar-refractivity contribution is 8.26. The summed E-state index contributed by atoms with van der Waals surface area (Å²) in [5.41, 5.74) is 1.43. The van der Waals surface area contributed by atoms with Crippen molar-refractivity contribution in [2.75, 3.05) is 18.0 Å². The van der Waals surface area contributed by atoms with Crippen LogP contribution in [0.5, 0.6) is 0 Å². The first-order chi connectivity index (χ1) is 16.5. The maximum absolute atomic E-state index is 13.4. The highest BCUT2D eigenvalue weighted by Gasteiger charge is 2.38. The van der Waals surface area contributed by atoms with Gasteiger partial charge in [0, 0.05) is 31.2 Å². The number of pyridine rings is 1. The number of thioether (sulfide) groups is 1. The van der Waals surface area contributed by atoms with Crippen LogP contribution in [0.4, 0.5) is 5.82 Å². The number of hydrogen-bond donors (Lipinski definition) is 0. The van der Waals surface area contributed by atoms with Crippen LogP contribution in [0.1, 0.15) is 87.8 Å². The van der Waals surface area contributed by atoms with Crippen molar-refractivity contribution in [2.24, 2.45) is 0 Å². The lowest BCUT2D eigenvalue weighted by atomic mass is 10.0. The van der Waals surface area contributed by atoms with Gasteiger partial charge >= 0.3 is 0 Å². The maximum Gasteiger partial charge on any atom is 0.270 e. The first kappa shape index (κ1) is 25.0. The van der Waals surface area contributed by atoms with E-state index >= 15 is 0 Å². The summed E-state index contributed by atoms with van der Waals surface area (Å²) < 4.78 is 2.42. The van der Waals surface area contributed by atoms with Crippen LogP contribution in [0.2, 0.25) is 0 Å². The summed E-state index contributed by atoms with van der Waals surface area (Å²) in [7, 11) is 0. The smallest absolute Gasteiger partial charge is 0.270 e. The minimum atomic E-state index is -0.219.